The average Bonchev–Trinajstić information content (AvgIpc) is 2.70. The van der Waals surface area contributed by atoms with Crippen molar-refractivity contribution in [1.82, 2.24) is 0 Å². The molecule has 0 bridgehead atoms. The van der Waals surface area contributed by atoms with E-state index in [1.165, 1.54) is 24.3 Å². The number of nitrogens with one attached hydrogen (secondary N) is 2. The summed E-state index contributed by atoms with van der Waals surface area (Å²) >= 11 is 5.80. The average molecular weight is 431 g/mol. The number of carbonyl (C=O) groups is 1. The summed E-state index contributed by atoms with van der Waals surface area (Å²) in [5.74, 6) is 0.0794. The maximum absolute atomic E-state index is 12.4. The van der Waals surface area contributed by atoms with E-state index in [4.69, 9.17) is 16.3 Å². The van der Waals surface area contributed by atoms with E-state index in [2.05, 4.69) is 10.0 Å². The fourth-order valence-corrected chi connectivity index (χ4v) is 3.68. The van der Waals surface area contributed by atoms with Gasteiger partial charge in [-0.05, 0) is 67.1 Å². The van der Waals surface area contributed by atoms with E-state index in [0.29, 0.717) is 16.5 Å². The van der Waals surface area contributed by atoms with E-state index in [1.807, 2.05) is 25.1 Å². The first-order valence-corrected chi connectivity index (χ1v) is 10.6. The third-order valence-corrected chi connectivity index (χ3v) is 5.67. The van der Waals surface area contributed by atoms with Crippen LogP contribution in [0, 0.1) is 6.92 Å². The normalized spacial score (nSPS) is 11.0. The molecule has 0 aliphatic rings. The lowest BCUT2D eigenvalue weighted by Crippen LogP contribution is -2.20. The van der Waals surface area contributed by atoms with Crippen LogP contribution < -0.4 is 14.8 Å². The molecule has 3 aromatic rings. The summed E-state index contributed by atoms with van der Waals surface area (Å²) in [4.78, 5) is 12.1. The Kier molecular flexibility index (Phi) is 6.41. The molecule has 150 valence electrons. The van der Waals surface area contributed by atoms with E-state index in [1.54, 1.807) is 30.3 Å². The first kappa shape index (κ1) is 20.7. The van der Waals surface area contributed by atoms with Gasteiger partial charge in [0.2, 0.25) is 0 Å². The lowest BCUT2D eigenvalue weighted by molar-refractivity contribution is -0.118. The number of benzene rings is 3. The Morgan fingerprint density at radius 2 is 1.62 bits per heavy atom. The Bertz CT molecular complexity index is 1100. The molecule has 0 aliphatic heterocycles. The Balaban J connectivity index is 1.58. The SMILES string of the molecule is Cc1ccccc1NC(=O)COc1ccc(S(=O)(=O)Nc2ccc(Cl)cc2)cc1. The van der Waals surface area contributed by atoms with Crippen molar-refractivity contribution in [1.29, 1.82) is 0 Å². The molecule has 0 heterocycles. The van der Waals surface area contributed by atoms with Gasteiger partial charge in [0.15, 0.2) is 6.61 Å². The first-order chi connectivity index (χ1) is 13.8. The number of hydrogen-bond donors (Lipinski definition) is 2. The van der Waals surface area contributed by atoms with E-state index in [9.17, 15) is 13.2 Å². The molecular formula is C21H19ClN2O4S. The number of halogens is 1. The molecule has 0 aliphatic carbocycles. The quantitative estimate of drug-likeness (QED) is 0.579. The van der Waals surface area contributed by atoms with E-state index < -0.39 is 10.0 Å². The first-order valence-electron chi connectivity index (χ1n) is 8.70. The number of sulfonamides is 1. The molecule has 0 spiro atoms. The minimum absolute atomic E-state index is 0.0733. The predicted molar refractivity (Wildman–Crippen MR) is 114 cm³/mol. The highest BCUT2D eigenvalue weighted by Crippen LogP contribution is 2.21. The molecule has 0 saturated carbocycles. The second-order valence-electron chi connectivity index (χ2n) is 6.24. The van der Waals surface area contributed by atoms with Gasteiger partial charge in [-0.25, -0.2) is 8.42 Å². The zero-order valence-electron chi connectivity index (χ0n) is 15.6. The summed E-state index contributed by atoms with van der Waals surface area (Å²) in [7, 11) is -3.75. The number of para-hydroxylation sites is 1. The summed E-state index contributed by atoms with van der Waals surface area (Å²) < 4.78 is 32.8. The summed E-state index contributed by atoms with van der Waals surface area (Å²) in [5.41, 5.74) is 2.07. The highest BCUT2D eigenvalue weighted by molar-refractivity contribution is 7.92. The minimum Gasteiger partial charge on any atom is -0.484 e. The number of aryl methyl sites for hydroxylation is 1. The molecular weight excluding hydrogens is 412 g/mol. The second kappa shape index (κ2) is 8.98. The molecule has 6 nitrogen and oxygen atoms in total. The van der Waals surface area contributed by atoms with Crippen molar-refractivity contribution in [3.05, 3.63) is 83.4 Å². The number of carbonyl (C=O) groups excluding carboxylic acids is 1. The summed E-state index contributed by atoms with van der Waals surface area (Å²) in [6, 6.07) is 19.6. The van der Waals surface area contributed by atoms with Gasteiger partial charge in [0.25, 0.3) is 15.9 Å². The molecule has 3 rings (SSSR count). The zero-order chi connectivity index (χ0) is 20.9. The summed E-state index contributed by atoms with van der Waals surface area (Å²) in [6.45, 7) is 1.71. The van der Waals surface area contributed by atoms with E-state index in [0.717, 1.165) is 11.3 Å². The van der Waals surface area contributed by atoms with Crippen LogP contribution >= 0.6 is 11.6 Å². The Morgan fingerprint density at radius 1 is 0.966 bits per heavy atom. The van der Waals surface area contributed by atoms with Gasteiger partial charge in [0.1, 0.15) is 5.75 Å². The van der Waals surface area contributed by atoms with Crippen LogP contribution in [0.1, 0.15) is 5.56 Å². The van der Waals surface area contributed by atoms with Crippen LogP contribution in [0.5, 0.6) is 5.75 Å². The molecule has 3 aromatic carbocycles. The fourth-order valence-electron chi connectivity index (χ4n) is 2.50. The van der Waals surface area contributed by atoms with Gasteiger partial charge in [-0.2, -0.15) is 0 Å². The van der Waals surface area contributed by atoms with Crippen LogP contribution in [-0.2, 0) is 14.8 Å². The molecule has 2 N–H and O–H groups in total. The number of amides is 1. The highest BCUT2D eigenvalue weighted by atomic mass is 35.5. The van der Waals surface area contributed by atoms with Gasteiger partial charge in [-0.1, -0.05) is 29.8 Å². The maximum Gasteiger partial charge on any atom is 0.262 e. The number of rotatable bonds is 7. The molecule has 0 aromatic heterocycles. The molecule has 0 unspecified atom stereocenters. The van der Waals surface area contributed by atoms with Crippen molar-refractivity contribution in [3.8, 4) is 5.75 Å². The standard InChI is InChI=1S/C21H19ClN2O4S/c1-15-4-2-3-5-20(15)23-21(25)14-28-18-10-12-19(13-11-18)29(26,27)24-17-8-6-16(22)7-9-17/h2-13,24H,14H2,1H3,(H,23,25). The van der Waals surface area contributed by atoms with Crippen molar-refractivity contribution >= 4 is 38.9 Å². The number of ether oxygens (including phenoxy) is 1. The lowest BCUT2D eigenvalue weighted by Gasteiger charge is -2.11. The summed E-state index contributed by atoms with van der Waals surface area (Å²) in [5, 5.41) is 3.28. The van der Waals surface area contributed by atoms with Crippen LogP contribution in [0.25, 0.3) is 0 Å². The molecule has 0 saturated heterocycles. The Morgan fingerprint density at radius 3 is 2.28 bits per heavy atom. The van der Waals surface area contributed by atoms with Crippen LogP contribution in [0.3, 0.4) is 0 Å². The molecule has 0 atom stereocenters. The van der Waals surface area contributed by atoms with Gasteiger partial charge in [0.05, 0.1) is 4.90 Å². The van der Waals surface area contributed by atoms with Crippen LogP contribution in [0.4, 0.5) is 11.4 Å². The van der Waals surface area contributed by atoms with Crippen LogP contribution in [-0.4, -0.2) is 20.9 Å². The number of hydrogen-bond acceptors (Lipinski definition) is 4. The number of anilines is 2. The molecule has 8 heteroatoms. The Hall–Kier alpha value is -3.03. The third kappa shape index (κ3) is 5.73. The van der Waals surface area contributed by atoms with Crippen molar-refractivity contribution in [2.75, 3.05) is 16.6 Å². The van der Waals surface area contributed by atoms with Gasteiger partial charge >= 0.3 is 0 Å². The van der Waals surface area contributed by atoms with Crippen LogP contribution in [0.2, 0.25) is 5.02 Å². The van der Waals surface area contributed by atoms with E-state index in [-0.39, 0.29) is 17.4 Å². The van der Waals surface area contributed by atoms with Gasteiger partial charge in [0, 0.05) is 16.4 Å². The van der Waals surface area contributed by atoms with Crippen molar-refractivity contribution < 1.29 is 17.9 Å². The monoisotopic (exact) mass is 430 g/mol. The molecule has 0 radical (unpaired) electrons. The largest absolute Gasteiger partial charge is 0.484 e. The predicted octanol–water partition coefficient (Wildman–Crippen LogP) is 4.47. The summed E-state index contributed by atoms with van der Waals surface area (Å²) in [6.07, 6.45) is 0. The van der Waals surface area contributed by atoms with E-state index >= 15 is 0 Å². The minimum atomic E-state index is -3.75. The van der Waals surface area contributed by atoms with Crippen molar-refractivity contribution in [3.63, 3.8) is 0 Å². The van der Waals surface area contributed by atoms with Crippen molar-refractivity contribution in [2.24, 2.45) is 0 Å². The topological polar surface area (TPSA) is 84.5 Å². The highest BCUT2D eigenvalue weighted by Gasteiger charge is 2.14. The van der Waals surface area contributed by atoms with Gasteiger partial charge < -0.3 is 10.1 Å². The molecule has 0 fully saturated rings. The Labute approximate surface area is 174 Å². The zero-order valence-corrected chi connectivity index (χ0v) is 17.1. The van der Waals surface area contributed by atoms with Gasteiger partial charge in [-0.3, -0.25) is 9.52 Å². The smallest absolute Gasteiger partial charge is 0.262 e. The lowest BCUT2D eigenvalue weighted by atomic mass is 10.2. The molecule has 1 amide bonds. The molecule has 29 heavy (non-hydrogen) atoms. The van der Waals surface area contributed by atoms with Gasteiger partial charge in [-0.15, -0.1) is 0 Å². The third-order valence-electron chi connectivity index (χ3n) is 4.02. The fraction of sp³-hybridized carbons (Fsp3) is 0.0952. The maximum atomic E-state index is 12.4. The second-order valence-corrected chi connectivity index (χ2v) is 8.35. The van der Waals surface area contributed by atoms with Crippen LogP contribution in [0.15, 0.2) is 77.7 Å². The van der Waals surface area contributed by atoms with Crippen molar-refractivity contribution in [2.45, 2.75) is 11.8 Å².